The van der Waals surface area contributed by atoms with E-state index in [-0.39, 0.29) is 0 Å². The predicted molar refractivity (Wildman–Crippen MR) is 109 cm³/mol. The molecular weight excluding hydrogens is 306 g/mol. The Bertz CT molecular complexity index is 534. The molecule has 3 rings (SSSR count). The van der Waals surface area contributed by atoms with Gasteiger partial charge in [-0.15, -0.1) is 0 Å². The molecule has 0 aromatic heterocycles. The molecule has 1 aliphatic heterocycles. The third-order valence-corrected chi connectivity index (χ3v) is 6.38. The number of anilines is 2. The summed E-state index contributed by atoms with van der Waals surface area (Å²) < 4.78 is 0. The number of rotatable bonds is 6. The van der Waals surface area contributed by atoms with Gasteiger partial charge in [-0.3, -0.25) is 0 Å². The topological polar surface area (TPSA) is 41.3 Å². The van der Waals surface area contributed by atoms with Crippen LogP contribution in [0.2, 0.25) is 0 Å². The van der Waals surface area contributed by atoms with Crippen molar-refractivity contribution in [2.24, 2.45) is 11.8 Å². The highest BCUT2D eigenvalue weighted by Crippen LogP contribution is 2.29. The number of nitrogens with one attached hydrogen (secondary N) is 1. The Morgan fingerprint density at radius 1 is 1.08 bits per heavy atom. The summed E-state index contributed by atoms with van der Waals surface area (Å²) in [7, 11) is 0. The van der Waals surface area contributed by atoms with Gasteiger partial charge in [0.15, 0.2) is 0 Å². The zero-order valence-electron chi connectivity index (χ0n) is 16.3. The maximum absolute atomic E-state index is 6.37. The highest BCUT2D eigenvalue weighted by Gasteiger charge is 2.20. The lowest BCUT2D eigenvalue weighted by atomic mass is 9.86. The first-order chi connectivity index (χ1) is 12.1. The van der Waals surface area contributed by atoms with Crippen LogP contribution in [0.3, 0.4) is 0 Å². The third-order valence-electron chi connectivity index (χ3n) is 6.38. The normalized spacial score (nSPS) is 25.3. The summed E-state index contributed by atoms with van der Waals surface area (Å²) >= 11 is 0. The first-order valence-corrected chi connectivity index (χ1v) is 10.5. The van der Waals surface area contributed by atoms with Crippen LogP contribution in [0.4, 0.5) is 11.4 Å². The minimum absolute atomic E-state index is 0.739. The van der Waals surface area contributed by atoms with Gasteiger partial charge in [0, 0.05) is 19.1 Å². The quantitative estimate of drug-likeness (QED) is 0.585. The van der Waals surface area contributed by atoms with Crippen molar-refractivity contribution in [3.8, 4) is 0 Å². The van der Waals surface area contributed by atoms with E-state index in [0.717, 1.165) is 49.6 Å². The van der Waals surface area contributed by atoms with E-state index >= 15 is 0 Å². The fourth-order valence-corrected chi connectivity index (χ4v) is 4.50. The fourth-order valence-electron chi connectivity index (χ4n) is 4.50. The molecule has 1 saturated heterocycles. The molecule has 1 aliphatic carbocycles. The van der Waals surface area contributed by atoms with E-state index in [1.807, 2.05) is 0 Å². The van der Waals surface area contributed by atoms with Crippen LogP contribution in [0.15, 0.2) is 18.2 Å². The zero-order chi connectivity index (χ0) is 17.6. The van der Waals surface area contributed by atoms with Crippen LogP contribution in [-0.4, -0.2) is 25.7 Å². The van der Waals surface area contributed by atoms with E-state index < -0.39 is 0 Å². The third kappa shape index (κ3) is 5.13. The van der Waals surface area contributed by atoms with E-state index in [1.54, 1.807) is 0 Å². The second-order valence-electron chi connectivity index (χ2n) is 8.49. The average molecular weight is 344 g/mol. The van der Waals surface area contributed by atoms with Crippen molar-refractivity contribution in [2.75, 3.05) is 30.3 Å². The van der Waals surface area contributed by atoms with Crippen LogP contribution < -0.4 is 16.0 Å². The molecule has 3 heteroatoms. The molecule has 0 spiro atoms. The van der Waals surface area contributed by atoms with Gasteiger partial charge in [-0.1, -0.05) is 32.8 Å². The molecule has 2 atom stereocenters. The second kappa shape index (κ2) is 8.93. The van der Waals surface area contributed by atoms with E-state index in [4.69, 9.17) is 5.73 Å². The Balaban J connectivity index is 1.44. The molecule has 1 heterocycles. The van der Waals surface area contributed by atoms with Crippen LogP contribution in [-0.2, 0) is 6.42 Å². The lowest BCUT2D eigenvalue weighted by Gasteiger charge is -2.33. The fraction of sp³-hybridized carbons (Fsp3) is 0.727. The minimum Gasteiger partial charge on any atom is -0.397 e. The molecule has 3 nitrogen and oxygen atoms in total. The van der Waals surface area contributed by atoms with Gasteiger partial charge in [0.05, 0.1) is 11.4 Å². The van der Waals surface area contributed by atoms with E-state index in [9.17, 15) is 0 Å². The van der Waals surface area contributed by atoms with Crippen molar-refractivity contribution in [1.29, 1.82) is 0 Å². The van der Waals surface area contributed by atoms with Crippen LogP contribution in [0.1, 0.15) is 64.4 Å². The van der Waals surface area contributed by atoms with Gasteiger partial charge in [0.1, 0.15) is 0 Å². The molecule has 25 heavy (non-hydrogen) atoms. The van der Waals surface area contributed by atoms with Crippen LogP contribution in [0, 0.1) is 11.8 Å². The van der Waals surface area contributed by atoms with Gasteiger partial charge in [-0.05, 0) is 74.6 Å². The van der Waals surface area contributed by atoms with Gasteiger partial charge < -0.3 is 16.0 Å². The number of aryl methyl sites for hydroxylation is 1. The maximum atomic E-state index is 6.37. The molecule has 0 bridgehead atoms. The Labute approximate surface area is 154 Å². The first-order valence-electron chi connectivity index (χ1n) is 10.5. The Morgan fingerprint density at radius 3 is 2.56 bits per heavy atom. The summed E-state index contributed by atoms with van der Waals surface area (Å²) in [5.41, 5.74) is 9.95. The van der Waals surface area contributed by atoms with Crippen molar-refractivity contribution in [2.45, 2.75) is 71.3 Å². The van der Waals surface area contributed by atoms with Crippen molar-refractivity contribution < 1.29 is 0 Å². The smallest absolute Gasteiger partial charge is 0.0600 e. The number of piperidine rings is 1. The first kappa shape index (κ1) is 18.6. The van der Waals surface area contributed by atoms with E-state index in [0.29, 0.717) is 0 Å². The van der Waals surface area contributed by atoms with Crippen LogP contribution in [0.5, 0.6) is 0 Å². The highest BCUT2D eigenvalue weighted by molar-refractivity contribution is 5.68. The Kier molecular flexibility index (Phi) is 6.63. The second-order valence-corrected chi connectivity index (χ2v) is 8.49. The summed E-state index contributed by atoms with van der Waals surface area (Å²) in [6.07, 6.45) is 10.5. The van der Waals surface area contributed by atoms with Gasteiger partial charge >= 0.3 is 0 Å². The number of nitrogens with two attached hydrogens (primary N) is 1. The number of benzene rings is 1. The molecular formula is C22H37N3. The lowest BCUT2D eigenvalue weighted by Crippen LogP contribution is -2.37. The van der Waals surface area contributed by atoms with Crippen molar-refractivity contribution in [1.82, 2.24) is 5.32 Å². The van der Waals surface area contributed by atoms with Gasteiger partial charge in [0.2, 0.25) is 0 Å². The average Bonchev–Trinajstić information content (AvgIpc) is 2.61. The molecule has 1 saturated carbocycles. The minimum atomic E-state index is 0.739. The van der Waals surface area contributed by atoms with Gasteiger partial charge in [0.25, 0.3) is 0 Å². The zero-order valence-corrected chi connectivity index (χ0v) is 16.3. The highest BCUT2D eigenvalue weighted by atomic mass is 15.1. The molecule has 2 fully saturated rings. The largest absolute Gasteiger partial charge is 0.397 e. The summed E-state index contributed by atoms with van der Waals surface area (Å²) in [4.78, 5) is 2.46. The van der Waals surface area contributed by atoms with Crippen molar-refractivity contribution in [3.63, 3.8) is 0 Å². The molecule has 0 radical (unpaired) electrons. The summed E-state index contributed by atoms with van der Waals surface area (Å²) in [6, 6.07) is 7.48. The number of hydrogen-bond acceptors (Lipinski definition) is 3. The Hall–Kier alpha value is -1.22. The molecule has 3 N–H and O–H groups in total. The summed E-state index contributed by atoms with van der Waals surface area (Å²) in [6.45, 7) is 8.17. The molecule has 2 unspecified atom stereocenters. The molecule has 1 aromatic carbocycles. The standard InChI is InChI=1S/C22H37N3/c1-17-11-14-25(15-12-17)22-10-9-19(16-20(22)23)7-5-13-24-21-8-4-3-6-18(21)2/h9-10,16-18,21,24H,3-8,11-15,23H2,1-2H3. The maximum Gasteiger partial charge on any atom is 0.0600 e. The van der Waals surface area contributed by atoms with E-state index in [1.165, 1.54) is 56.2 Å². The summed E-state index contributed by atoms with van der Waals surface area (Å²) in [5, 5.41) is 3.78. The number of nitrogen functional groups attached to an aromatic ring is 1. The summed E-state index contributed by atoms with van der Waals surface area (Å²) in [5.74, 6) is 1.70. The lowest BCUT2D eigenvalue weighted by molar-refractivity contribution is 0.280. The van der Waals surface area contributed by atoms with Gasteiger partial charge in [-0.25, -0.2) is 0 Å². The molecule has 2 aliphatic rings. The number of hydrogen-bond donors (Lipinski definition) is 2. The molecule has 1 aromatic rings. The monoisotopic (exact) mass is 343 g/mol. The molecule has 140 valence electrons. The molecule has 0 amide bonds. The van der Waals surface area contributed by atoms with Crippen LogP contribution >= 0.6 is 0 Å². The van der Waals surface area contributed by atoms with Crippen molar-refractivity contribution in [3.05, 3.63) is 23.8 Å². The van der Waals surface area contributed by atoms with Crippen LogP contribution in [0.25, 0.3) is 0 Å². The SMILES string of the molecule is CC1CCN(c2ccc(CCCNC3CCCCC3C)cc2N)CC1. The van der Waals surface area contributed by atoms with E-state index in [2.05, 4.69) is 42.3 Å². The van der Waals surface area contributed by atoms with Gasteiger partial charge in [-0.2, -0.15) is 0 Å². The Morgan fingerprint density at radius 2 is 1.84 bits per heavy atom. The predicted octanol–water partition coefficient (Wildman–Crippen LogP) is 4.61. The number of nitrogens with zero attached hydrogens (tertiary/aromatic N) is 1. The van der Waals surface area contributed by atoms with Crippen molar-refractivity contribution >= 4 is 11.4 Å².